The van der Waals surface area contributed by atoms with Gasteiger partial charge in [0.1, 0.15) is 5.60 Å². The fourth-order valence-corrected chi connectivity index (χ4v) is 1.47. The summed E-state index contributed by atoms with van der Waals surface area (Å²) in [6, 6.07) is 8.52. The van der Waals surface area contributed by atoms with E-state index in [1.54, 1.807) is 0 Å². The number of rotatable bonds is 2. The average Bonchev–Trinajstić information content (AvgIpc) is 2.24. The predicted molar refractivity (Wildman–Crippen MR) is 78.2 cm³/mol. The highest BCUT2D eigenvalue weighted by atomic mass is 16.6. The average molecular weight is 247 g/mol. The minimum Gasteiger partial charge on any atom is -0.390 e. The first-order valence-electron chi connectivity index (χ1n) is 6.43. The van der Waals surface area contributed by atoms with Gasteiger partial charge in [0, 0.05) is 0 Å². The van der Waals surface area contributed by atoms with E-state index in [1.807, 2.05) is 27.7 Å². The lowest BCUT2D eigenvalue weighted by atomic mass is 9.86. The van der Waals surface area contributed by atoms with Crippen molar-refractivity contribution in [3.05, 3.63) is 35.4 Å². The molecule has 0 aliphatic heterocycles. The molecule has 18 heavy (non-hydrogen) atoms. The molecule has 1 rings (SSSR count). The van der Waals surface area contributed by atoms with E-state index in [-0.39, 0.29) is 11.0 Å². The number of nitrogens with zero attached hydrogens (tertiary/aromatic N) is 1. The molecule has 0 saturated heterocycles. The Kier molecular flexibility index (Phi) is 4.20. The molecule has 0 aliphatic rings. The van der Waals surface area contributed by atoms with Crippen LogP contribution in [0.5, 0.6) is 0 Å². The van der Waals surface area contributed by atoms with Gasteiger partial charge in [-0.1, -0.05) is 50.2 Å². The van der Waals surface area contributed by atoms with Gasteiger partial charge in [-0.25, -0.2) is 0 Å². The van der Waals surface area contributed by atoms with Crippen molar-refractivity contribution in [2.75, 3.05) is 0 Å². The van der Waals surface area contributed by atoms with Gasteiger partial charge in [-0.3, -0.25) is 0 Å². The largest absolute Gasteiger partial charge is 0.390 e. The fraction of sp³-hybridized carbons (Fsp3) is 0.562. The lowest BCUT2D eigenvalue weighted by molar-refractivity contribution is 0.000956. The molecule has 0 heterocycles. The van der Waals surface area contributed by atoms with Crippen LogP contribution in [0.3, 0.4) is 0 Å². The van der Waals surface area contributed by atoms with Crippen LogP contribution in [0.15, 0.2) is 29.4 Å². The maximum atomic E-state index is 5.43. The molecule has 2 nitrogen and oxygen atoms in total. The number of oxime groups is 1. The van der Waals surface area contributed by atoms with Crippen LogP contribution < -0.4 is 0 Å². The zero-order chi connectivity index (χ0) is 14.0. The molecule has 0 atom stereocenters. The van der Waals surface area contributed by atoms with Gasteiger partial charge in [0.25, 0.3) is 0 Å². The smallest absolute Gasteiger partial charge is 0.129 e. The van der Waals surface area contributed by atoms with Gasteiger partial charge in [0.05, 0.1) is 5.71 Å². The van der Waals surface area contributed by atoms with Crippen molar-refractivity contribution in [3.8, 4) is 0 Å². The van der Waals surface area contributed by atoms with Gasteiger partial charge in [0.2, 0.25) is 0 Å². The lowest BCUT2D eigenvalue weighted by Crippen LogP contribution is -2.16. The van der Waals surface area contributed by atoms with Gasteiger partial charge < -0.3 is 4.84 Å². The number of hydrogen-bond acceptors (Lipinski definition) is 2. The summed E-state index contributed by atoms with van der Waals surface area (Å²) < 4.78 is 0. The van der Waals surface area contributed by atoms with Gasteiger partial charge in [0.15, 0.2) is 0 Å². The van der Waals surface area contributed by atoms with Crippen molar-refractivity contribution >= 4 is 5.71 Å². The molecule has 0 aromatic heterocycles. The monoisotopic (exact) mass is 247 g/mol. The quantitative estimate of drug-likeness (QED) is 0.556. The minimum absolute atomic E-state index is 0.186. The molecule has 2 heteroatoms. The Hall–Kier alpha value is -1.31. The molecule has 1 aromatic rings. The number of benzene rings is 1. The second kappa shape index (κ2) is 5.13. The highest BCUT2D eigenvalue weighted by Gasteiger charge is 2.14. The summed E-state index contributed by atoms with van der Waals surface area (Å²) in [5.41, 5.74) is 3.28. The van der Waals surface area contributed by atoms with Crippen molar-refractivity contribution in [1.82, 2.24) is 0 Å². The maximum Gasteiger partial charge on any atom is 0.129 e. The van der Waals surface area contributed by atoms with E-state index in [2.05, 4.69) is 50.2 Å². The zero-order valence-corrected chi connectivity index (χ0v) is 12.7. The van der Waals surface area contributed by atoms with Crippen LogP contribution in [-0.4, -0.2) is 11.3 Å². The Labute approximate surface area is 111 Å². The van der Waals surface area contributed by atoms with Crippen LogP contribution in [0.2, 0.25) is 0 Å². The van der Waals surface area contributed by atoms with Crippen molar-refractivity contribution in [3.63, 3.8) is 0 Å². The van der Waals surface area contributed by atoms with Gasteiger partial charge in [-0.2, -0.15) is 0 Å². The van der Waals surface area contributed by atoms with Crippen LogP contribution >= 0.6 is 0 Å². The SMILES string of the molecule is C/C(=N\OC(C)(C)C)c1ccc(C(C)(C)C)cc1. The Balaban J connectivity index is 2.86. The highest BCUT2D eigenvalue weighted by Crippen LogP contribution is 2.22. The summed E-state index contributed by atoms with van der Waals surface area (Å²) in [7, 11) is 0. The summed E-state index contributed by atoms with van der Waals surface area (Å²) >= 11 is 0. The molecule has 0 spiro atoms. The molecular formula is C16H25NO. The van der Waals surface area contributed by atoms with E-state index in [1.165, 1.54) is 5.56 Å². The maximum absolute atomic E-state index is 5.43. The molecule has 0 N–H and O–H groups in total. The molecule has 0 saturated carbocycles. The Bertz CT molecular complexity index is 416. The van der Waals surface area contributed by atoms with Crippen LogP contribution in [0.4, 0.5) is 0 Å². The van der Waals surface area contributed by atoms with E-state index in [0.29, 0.717) is 0 Å². The van der Waals surface area contributed by atoms with Crippen LogP contribution in [0, 0.1) is 0 Å². The Morgan fingerprint density at radius 3 is 1.83 bits per heavy atom. The summed E-state index contributed by atoms with van der Waals surface area (Å²) in [6.45, 7) is 14.6. The molecule has 0 bridgehead atoms. The van der Waals surface area contributed by atoms with Crippen molar-refractivity contribution in [1.29, 1.82) is 0 Å². The normalized spacial score (nSPS) is 13.6. The van der Waals surface area contributed by atoms with Gasteiger partial charge in [-0.15, -0.1) is 0 Å². The molecule has 100 valence electrons. The number of hydrogen-bond donors (Lipinski definition) is 0. The molecule has 0 amide bonds. The zero-order valence-electron chi connectivity index (χ0n) is 12.7. The standard InChI is InChI=1S/C16H25NO/c1-12(17-18-16(5,6)7)13-8-10-14(11-9-13)15(2,3)4/h8-11H,1-7H3/b17-12+. The van der Waals surface area contributed by atoms with Crippen LogP contribution in [-0.2, 0) is 10.3 Å². The highest BCUT2D eigenvalue weighted by molar-refractivity contribution is 5.98. The third-order valence-corrected chi connectivity index (χ3v) is 2.63. The Morgan fingerprint density at radius 1 is 0.944 bits per heavy atom. The van der Waals surface area contributed by atoms with E-state index < -0.39 is 0 Å². The summed E-state index contributed by atoms with van der Waals surface area (Å²) in [5.74, 6) is 0. The van der Waals surface area contributed by atoms with Crippen molar-refractivity contribution in [2.24, 2.45) is 5.16 Å². The molecule has 0 unspecified atom stereocenters. The van der Waals surface area contributed by atoms with E-state index in [0.717, 1.165) is 11.3 Å². The van der Waals surface area contributed by atoms with Crippen LogP contribution in [0.25, 0.3) is 0 Å². The van der Waals surface area contributed by atoms with Crippen molar-refractivity contribution < 1.29 is 4.84 Å². The third kappa shape index (κ3) is 4.52. The minimum atomic E-state index is -0.243. The van der Waals surface area contributed by atoms with E-state index >= 15 is 0 Å². The summed E-state index contributed by atoms with van der Waals surface area (Å²) in [4.78, 5) is 5.43. The van der Waals surface area contributed by atoms with E-state index in [4.69, 9.17) is 4.84 Å². The second-order valence-electron chi connectivity index (χ2n) is 6.71. The van der Waals surface area contributed by atoms with Gasteiger partial charge in [-0.05, 0) is 44.2 Å². The lowest BCUT2D eigenvalue weighted by Gasteiger charge is -2.19. The fourth-order valence-electron chi connectivity index (χ4n) is 1.47. The molecule has 0 radical (unpaired) electrons. The first-order valence-corrected chi connectivity index (χ1v) is 6.43. The van der Waals surface area contributed by atoms with Crippen molar-refractivity contribution in [2.45, 2.75) is 59.5 Å². The molecule has 0 fully saturated rings. The molecular weight excluding hydrogens is 222 g/mol. The Morgan fingerprint density at radius 2 is 1.44 bits per heavy atom. The predicted octanol–water partition coefficient (Wildman–Crippen LogP) is 4.52. The topological polar surface area (TPSA) is 21.6 Å². The first kappa shape index (κ1) is 14.7. The second-order valence-corrected chi connectivity index (χ2v) is 6.71. The molecule has 0 aliphatic carbocycles. The molecule has 1 aromatic carbocycles. The van der Waals surface area contributed by atoms with Gasteiger partial charge >= 0.3 is 0 Å². The first-order chi connectivity index (χ1) is 8.09. The summed E-state index contributed by atoms with van der Waals surface area (Å²) in [5, 5.41) is 4.17. The van der Waals surface area contributed by atoms with Crippen LogP contribution in [0.1, 0.15) is 59.6 Å². The summed E-state index contributed by atoms with van der Waals surface area (Å²) in [6.07, 6.45) is 0. The van der Waals surface area contributed by atoms with E-state index in [9.17, 15) is 0 Å². The third-order valence-electron chi connectivity index (χ3n) is 2.63.